The molecule has 8 nitrogen and oxygen atoms in total. The SMILES string of the molecule is CC(C)(CCC(=O)CCCC(=O)CCC(C)(C)Cn1c(O)c2c(cc1=O)SCC2)Cn1c(O)c2c(cc1=O)SCC2. The zero-order chi connectivity index (χ0) is 29.9. The molecule has 0 saturated heterocycles. The van der Waals surface area contributed by atoms with E-state index in [0.717, 1.165) is 45.3 Å². The molecule has 0 bridgehead atoms. The molecular formula is C31H42N2O6S2. The van der Waals surface area contributed by atoms with Crippen LogP contribution >= 0.6 is 23.5 Å². The Morgan fingerprint density at radius 1 is 0.732 bits per heavy atom. The molecule has 4 rings (SSSR count). The predicted octanol–water partition coefficient (Wildman–Crippen LogP) is 5.34. The fourth-order valence-corrected chi connectivity index (χ4v) is 7.73. The molecule has 2 aliphatic rings. The van der Waals surface area contributed by atoms with Crippen LogP contribution in [0.25, 0.3) is 0 Å². The molecule has 0 fully saturated rings. The molecule has 0 atom stereocenters. The summed E-state index contributed by atoms with van der Waals surface area (Å²) in [6.07, 6.45) is 4.57. The Bertz CT molecular complexity index is 1330. The zero-order valence-corrected chi connectivity index (χ0v) is 26.2. The van der Waals surface area contributed by atoms with E-state index in [4.69, 9.17) is 0 Å². The van der Waals surface area contributed by atoms with Crippen LogP contribution in [0.4, 0.5) is 0 Å². The van der Waals surface area contributed by atoms with Gasteiger partial charge in [-0.05, 0) is 42.9 Å². The van der Waals surface area contributed by atoms with E-state index in [0.29, 0.717) is 58.0 Å². The number of fused-ring (bicyclic) bond motifs is 2. The van der Waals surface area contributed by atoms with Gasteiger partial charge in [-0.25, -0.2) is 0 Å². The molecule has 41 heavy (non-hydrogen) atoms. The molecule has 0 aromatic carbocycles. The van der Waals surface area contributed by atoms with E-state index in [-0.39, 0.29) is 45.3 Å². The van der Waals surface area contributed by atoms with Crippen molar-refractivity contribution >= 4 is 35.1 Å². The van der Waals surface area contributed by atoms with Crippen molar-refractivity contribution in [3.8, 4) is 11.8 Å². The average Bonchev–Trinajstić information content (AvgIpc) is 3.56. The van der Waals surface area contributed by atoms with E-state index < -0.39 is 0 Å². The third-order valence-electron chi connectivity index (χ3n) is 8.15. The molecular weight excluding hydrogens is 560 g/mol. The van der Waals surface area contributed by atoms with E-state index in [1.165, 1.54) is 9.13 Å². The van der Waals surface area contributed by atoms with Crippen molar-refractivity contribution in [3.05, 3.63) is 44.0 Å². The van der Waals surface area contributed by atoms with Crippen molar-refractivity contribution in [3.63, 3.8) is 0 Å². The Labute approximate surface area is 249 Å². The largest absolute Gasteiger partial charge is 0.494 e. The summed E-state index contributed by atoms with van der Waals surface area (Å²) in [5.74, 6) is 2.02. The summed E-state index contributed by atoms with van der Waals surface area (Å²) in [5.41, 5.74) is 0.533. The number of nitrogens with zero attached hydrogens (tertiary/aromatic N) is 2. The standard InChI is InChI=1S/C31H42N2O6S2/c1-30(2,18-32-26(36)16-24-22(28(32)38)10-14-40-24)12-8-20(34)6-5-7-21(35)9-13-31(3,4)19-33-27(37)17-25-23(29(33)39)11-15-41-25/h16-17,38-39H,5-15,18-19H2,1-4H3. The molecule has 10 heteroatoms. The van der Waals surface area contributed by atoms with Gasteiger partial charge in [0.05, 0.1) is 0 Å². The first-order valence-corrected chi connectivity index (χ1v) is 16.4. The number of rotatable bonds is 14. The van der Waals surface area contributed by atoms with Crippen LogP contribution < -0.4 is 11.1 Å². The van der Waals surface area contributed by atoms with Gasteiger partial charge >= 0.3 is 0 Å². The van der Waals surface area contributed by atoms with Gasteiger partial charge in [-0.1, -0.05) is 27.7 Å². The van der Waals surface area contributed by atoms with Gasteiger partial charge in [0, 0.05) is 83.3 Å². The van der Waals surface area contributed by atoms with Crippen molar-refractivity contribution in [2.75, 3.05) is 11.5 Å². The monoisotopic (exact) mass is 602 g/mol. The van der Waals surface area contributed by atoms with Crippen molar-refractivity contribution < 1.29 is 19.8 Å². The molecule has 0 unspecified atom stereocenters. The van der Waals surface area contributed by atoms with Crippen molar-refractivity contribution in [1.29, 1.82) is 0 Å². The lowest BCUT2D eigenvalue weighted by atomic mass is 9.85. The van der Waals surface area contributed by atoms with E-state index in [1.807, 2.05) is 27.7 Å². The third-order valence-corrected chi connectivity index (χ3v) is 10.3. The predicted molar refractivity (Wildman–Crippen MR) is 163 cm³/mol. The number of hydrogen-bond acceptors (Lipinski definition) is 8. The minimum absolute atomic E-state index is 0.0498. The van der Waals surface area contributed by atoms with E-state index >= 15 is 0 Å². The molecule has 0 saturated carbocycles. The topological polar surface area (TPSA) is 119 Å². The molecule has 2 aliphatic heterocycles. The number of ketones is 2. The lowest BCUT2D eigenvalue weighted by molar-refractivity contribution is -0.121. The van der Waals surface area contributed by atoms with Gasteiger partial charge in [0.15, 0.2) is 11.8 Å². The Hall–Kier alpha value is -2.46. The van der Waals surface area contributed by atoms with Crippen LogP contribution in [0.15, 0.2) is 31.5 Å². The second-order valence-corrected chi connectivity index (χ2v) is 15.2. The number of Topliss-reactive ketones (excluding diaryl/α,β-unsaturated/α-hetero) is 2. The Balaban J connectivity index is 1.19. The second-order valence-electron chi connectivity index (χ2n) is 12.9. The third kappa shape index (κ3) is 7.89. The van der Waals surface area contributed by atoms with Crippen molar-refractivity contribution in [1.82, 2.24) is 9.13 Å². The number of aromatic hydroxyl groups is 2. The minimum atomic E-state index is -0.355. The lowest BCUT2D eigenvalue weighted by Gasteiger charge is -2.26. The zero-order valence-electron chi connectivity index (χ0n) is 24.6. The summed E-state index contributed by atoms with van der Waals surface area (Å²) in [5, 5.41) is 21.3. The summed E-state index contributed by atoms with van der Waals surface area (Å²) >= 11 is 3.18. The molecule has 0 spiro atoms. The summed E-state index contributed by atoms with van der Waals surface area (Å²) in [6.45, 7) is 8.66. The van der Waals surface area contributed by atoms with E-state index in [2.05, 4.69) is 0 Å². The number of pyridine rings is 2. The summed E-state index contributed by atoms with van der Waals surface area (Å²) < 4.78 is 2.85. The first kappa shape index (κ1) is 31.5. The van der Waals surface area contributed by atoms with Crippen LogP contribution in [0.5, 0.6) is 11.8 Å². The summed E-state index contributed by atoms with van der Waals surface area (Å²) in [6, 6.07) is 3.20. The number of aromatic nitrogens is 2. The van der Waals surface area contributed by atoms with Crippen LogP contribution in [-0.2, 0) is 35.5 Å². The highest BCUT2D eigenvalue weighted by Crippen LogP contribution is 2.38. The Morgan fingerprint density at radius 3 is 1.51 bits per heavy atom. The summed E-state index contributed by atoms with van der Waals surface area (Å²) in [7, 11) is 0. The highest BCUT2D eigenvalue weighted by atomic mass is 32.2. The minimum Gasteiger partial charge on any atom is -0.494 e. The molecule has 2 N–H and O–H groups in total. The first-order chi connectivity index (χ1) is 19.3. The molecule has 2 aromatic rings. The van der Waals surface area contributed by atoms with Crippen LogP contribution in [0, 0.1) is 10.8 Å². The van der Waals surface area contributed by atoms with Gasteiger partial charge in [0.2, 0.25) is 0 Å². The fourth-order valence-electron chi connectivity index (χ4n) is 5.57. The molecule has 4 heterocycles. The molecule has 0 aliphatic carbocycles. The quantitative estimate of drug-likeness (QED) is 0.298. The summed E-state index contributed by atoms with van der Waals surface area (Å²) in [4.78, 5) is 52.0. The van der Waals surface area contributed by atoms with E-state index in [9.17, 15) is 29.4 Å². The fraction of sp³-hybridized carbons (Fsp3) is 0.613. The van der Waals surface area contributed by atoms with Gasteiger partial charge in [-0.2, -0.15) is 0 Å². The average molecular weight is 603 g/mol. The smallest absolute Gasteiger partial charge is 0.254 e. The maximum atomic E-state index is 12.6. The van der Waals surface area contributed by atoms with Crippen molar-refractivity contribution in [2.24, 2.45) is 10.8 Å². The van der Waals surface area contributed by atoms with Crippen LogP contribution in [0.2, 0.25) is 0 Å². The molecule has 0 radical (unpaired) electrons. The van der Waals surface area contributed by atoms with Gasteiger partial charge in [0.1, 0.15) is 11.6 Å². The highest BCUT2D eigenvalue weighted by molar-refractivity contribution is 7.99. The first-order valence-electron chi connectivity index (χ1n) is 14.5. The van der Waals surface area contributed by atoms with Crippen molar-refractivity contribution in [2.45, 2.75) is 108 Å². The van der Waals surface area contributed by atoms with Gasteiger partial charge < -0.3 is 10.2 Å². The molecule has 2 aromatic heterocycles. The number of carbonyl (C=O) groups excluding carboxylic acids is 2. The number of hydrogen-bond donors (Lipinski definition) is 2. The second kappa shape index (κ2) is 12.8. The van der Waals surface area contributed by atoms with E-state index in [1.54, 1.807) is 35.7 Å². The lowest BCUT2D eigenvalue weighted by Crippen LogP contribution is -2.29. The van der Waals surface area contributed by atoms with Crippen LogP contribution in [0.1, 0.15) is 83.8 Å². The number of carbonyl (C=O) groups is 2. The Kier molecular flexibility index (Phi) is 9.84. The molecule has 0 amide bonds. The maximum absolute atomic E-state index is 12.6. The molecule has 224 valence electrons. The van der Waals surface area contributed by atoms with Gasteiger partial charge in [-0.3, -0.25) is 28.3 Å². The van der Waals surface area contributed by atoms with Gasteiger partial charge in [0.25, 0.3) is 11.1 Å². The van der Waals surface area contributed by atoms with Crippen LogP contribution in [-0.4, -0.2) is 42.4 Å². The van der Waals surface area contributed by atoms with Gasteiger partial charge in [-0.15, -0.1) is 23.5 Å². The van der Waals surface area contributed by atoms with Crippen LogP contribution in [0.3, 0.4) is 0 Å². The number of thioether (sulfide) groups is 2. The maximum Gasteiger partial charge on any atom is 0.254 e. The normalized spacial score (nSPS) is 14.7. The Morgan fingerprint density at radius 2 is 1.12 bits per heavy atom. The highest BCUT2D eigenvalue weighted by Gasteiger charge is 2.27.